The van der Waals surface area contributed by atoms with E-state index in [0.717, 1.165) is 24.1 Å². The van der Waals surface area contributed by atoms with Crippen molar-refractivity contribution in [3.8, 4) is 22.8 Å². The second-order valence-electron chi connectivity index (χ2n) is 7.06. The zero-order valence-corrected chi connectivity index (χ0v) is 17.0. The van der Waals surface area contributed by atoms with Gasteiger partial charge in [-0.25, -0.2) is 4.68 Å². The van der Waals surface area contributed by atoms with E-state index in [1.54, 1.807) is 37.3 Å². The van der Waals surface area contributed by atoms with Gasteiger partial charge in [0.2, 0.25) is 5.91 Å². The van der Waals surface area contributed by atoms with E-state index in [1.807, 2.05) is 30.3 Å². The van der Waals surface area contributed by atoms with Crippen LogP contribution in [-0.2, 0) is 17.8 Å². The number of benzene rings is 2. The molecule has 0 spiro atoms. The van der Waals surface area contributed by atoms with Crippen molar-refractivity contribution in [2.24, 2.45) is 0 Å². The van der Waals surface area contributed by atoms with Gasteiger partial charge in [-0.05, 0) is 42.7 Å². The van der Waals surface area contributed by atoms with Crippen LogP contribution in [0.5, 0.6) is 11.5 Å². The van der Waals surface area contributed by atoms with Crippen LogP contribution in [0.1, 0.15) is 12.0 Å². The summed E-state index contributed by atoms with van der Waals surface area (Å²) in [7, 11) is 3.14. The molecule has 0 radical (unpaired) electrons. The van der Waals surface area contributed by atoms with Crippen LogP contribution in [0.4, 0.5) is 5.69 Å². The molecule has 0 N–H and O–H groups in total. The lowest BCUT2D eigenvalue weighted by Gasteiger charge is -2.29. The lowest BCUT2D eigenvalue weighted by Crippen LogP contribution is -2.40. The molecule has 154 valence electrons. The highest BCUT2D eigenvalue weighted by Crippen LogP contribution is 2.32. The van der Waals surface area contributed by atoms with E-state index >= 15 is 0 Å². The fraction of sp³-hybridized carbons (Fsp3) is 0.261. The van der Waals surface area contributed by atoms with Crippen molar-refractivity contribution in [1.29, 1.82) is 0 Å². The fourth-order valence-corrected chi connectivity index (χ4v) is 3.72. The van der Waals surface area contributed by atoms with Gasteiger partial charge in [0.15, 0.2) is 0 Å². The number of para-hydroxylation sites is 1. The van der Waals surface area contributed by atoms with Gasteiger partial charge in [-0.2, -0.15) is 5.10 Å². The number of ether oxygens (including phenoxy) is 2. The van der Waals surface area contributed by atoms with Crippen LogP contribution in [0.2, 0.25) is 0 Å². The summed E-state index contributed by atoms with van der Waals surface area (Å²) in [6.45, 7) is 0.510. The first-order chi connectivity index (χ1) is 14.6. The van der Waals surface area contributed by atoms with Crippen LogP contribution < -0.4 is 19.9 Å². The molecule has 0 unspecified atom stereocenters. The van der Waals surface area contributed by atoms with Gasteiger partial charge < -0.3 is 14.4 Å². The van der Waals surface area contributed by atoms with Crippen LogP contribution >= 0.6 is 0 Å². The molecular formula is C23H23N3O4. The van der Waals surface area contributed by atoms with Crippen molar-refractivity contribution in [3.63, 3.8) is 0 Å². The van der Waals surface area contributed by atoms with E-state index in [2.05, 4.69) is 5.10 Å². The van der Waals surface area contributed by atoms with Crippen LogP contribution in [-0.4, -0.2) is 36.5 Å². The Morgan fingerprint density at radius 1 is 1.07 bits per heavy atom. The molecule has 7 heteroatoms. The summed E-state index contributed by atoms with van der Waals surface area (Å²) < 4.78 is 11.9. The van der Waals surface area contributed by atoms with Crippen molar-refractivity contribution in [2.75, 3.05) is 25.7 Å². The summed E-state index contributed by atoms with van der Waals surface area (Å²) in [5, 5.41) is 4.43. The Morgan fingerprint density at radius 2 is 1.90 bits per heavy atom. The average Bonchev–Trinajstić information content (AvgIpc) is 2.79. The van der Waals surface area contributed by atoms with E-state index in [-0.39, 0.29) is 18.0 Å². The van der Waals surface area contributed by atoms with Crippen molar-refractivity contribution in [1.82, 2.24) is 9.78 Å². The number of fused-ring (bicyclic) bond motifs is 1. The van der Waals surface area contributed by atoms with Gasteiger partial charge >= 0.3 is 0 Å². The van der Waals surface area contributed by atoms with E-state index in [0.29, 0.717) is 29.3 Å². The van der Waals surface area contributed by atoms with Crippen LogP contribution in [0.25, 0.3) is 11.3 Å². The molecule has 3 aromatic rings. The number of hydrogen-bond acceptors (Lipinski definition) is 5. The summed E-state index contributed by atoms with van der Waals surface area (Å²) >= 11 is 0. The zero-order valence-electron chi connectivity index (χ0n) is 17.0. The number of carbonyl (C=O) groups is 1. The Kier molecular flexibility index (Phi) is 5.52. The molecule has 0 fully saturated rings. The van der Waals surface area contributed by atoms with Gasteiger partial charge in [-0.3, -0.25) is 9.59 Å². The third kappa shape index (κ3) is 3.78. The number of aryl methyl sites for hydroxylation is 1. The van der Waals surface area contributed by atoms with Crippen LogP contribution in [0.3, 0.4) is 0 Å². The van der Waals surface area contributed by atoms with Gasteiger partial charge in [-0.15, -0.1) is 0 Å². The minimum absolute atomic E-state index is 0.126. The Labute approximate surface area is 174 Å². The van der Waals surface area contributed by atoms with Crippen molar-refractivity contribution >= 4 is 11.6 Å². The van der Waals surface area contributed by atoms with Gasteiger partial charge in [-0.1, -0.05) is 18.2 Å². The second-order valence-corrected chi connectivity index (χ2v) is 7.06. The SMILES string of the molecule is COc1ccc(-c2ccc(=O)n(CC(=O)N3CCCc4ccccc43)n2)c(OC)c1. The molecule has 2 aromatic carbocycles. The number of methoxy groups -OCH3 is 2. The maximum absolute atomic E-state index is 13.0. The summed E-state index contributed by atoms with van der Waals surface area (Å²) in [5.41, 5.74) is 2.98. The molecule has 4 rings (SSSR count). The molecular weight excluding hydrogens is 382 g/mol. The van der Waals surface area contributed by atoms with Crippen molar-refractivity contribution in [3.05, 3.63) is 70.5 Å². The molecule has 0 saturated heterocycles. The number of aromatic nitrogens is 2. The Balaban J connectivity index is 1.64. The summed E-state index contributed by atoms with van der Waals surface area (Å²) in [5.74, 6) is 1.07. The minimum atomic E-state index is -0.329. The van der Waals surface area contributed by atoms with Crippen molar-refractivity contribution in [2.45, 2.75) is 19.4 Å². The van der Waals surface area contributed by atoms with Gasteiger partial charge in [0.05, 0.1) is 19.9 Å². The molecule has 30 heavy (non-hydrogen) atoms. The first kappa shape index (κ1) is 19.7. The van der Waals surface area contributed by atoms with Crippen LogP contribution in [0, 0.1) is 0 Å². The predicted octanol–water partition coefficient (Wildman–Crippen LogP) is 2.91. The largest absolute Gasteiger partial charge is 0.497 e. The Bertz CT molecular complexity index is 1140. The Hall–Kier alpha value is -3.61. The molecule has 1 amide bonds. The first-order valence-electron chi connectivity index (χ1n) is 9.79. The topological polar surface area (TPSA) is 73.7 Å². The highest BCUT2D eigenvalue weighted by molar-refractivity contribution is 5.94. The number of anilines is 1. The first-order valence-corrected chi connectivity index (χ1v) is 9.79. The lowest BCUT2D eigenvalue weighted by molar-refractivity contribution is -0.119. The summed E-state index contributed by atoms with van der Waals surface area (Å²) in [6.07, 6.45) is 1.85. The van der Waals surface area contributed by atoms with Gasteiger partial charge in [0, 0.05) is 29.9 Å². The molecule has 7 nitrogen and oxygen atoms in total. The highest BCUT2D eigenvalue weighted by atomic mass is 16.5. The number of rotatable bonds is 5. The maximum Gasteiger partial charge on any atom is 0.267 e. The number of hydrogen-bond donors (Lipinski definition) is 0. The molecule has 1 aliphatic heterocycles. The number of nitrogens with zero attached hydrogens (tertiary/aromatic N) is 3. The van der Waals surface area contributed by atoms with E-state index < -0.39 is 0 Å². The van der Waals surface area contributed by atoms with E-state index in [9.17, 15) is 9.59 Å². The highest BCUT2D eigenvalue weighted by Gasteiger charge is 2.23. The third-order valence-corrected chi connectivity index (χ3v) is 5.25. The molecule has 0 aliphatic carbocycles. The monoisotopic (exact) mass is 405 g/mol. The van der Waals surface area contributed by atoms with E-state index in [4.69, 9.17) is 9.47 Å². The second kappa shape index (κ2) is 8.41. The van der Waals surface area contributed by atoms with Gasteiger partial charge in [0.1, 0.15) is 18.0 Å². The van der Waals surface area contributed by atoms with Crippen LogP contribution in [0.15, 0.2) is 59.4 Å². The number of carbonyl (C=O) groups excluding carboxylic acids is 1. The van der Waals surface area contributed by atoms with Crippen molar-refractivity contribution < 1.29 is 14.3 Å². The third-order valence-electron chi connectivity index (χ3n) is 5.25. The maximum atomic E-state index is 13.0. The molecule has 0 saturated carbocycles. The molecule has 0 atom stereocenters. The average molecular weight is 405 g/mol. The molecule has 1 aliphatic rings. The fourth-order valence-electron chi connectivity index (χ4n) is 3.72. The smallest absolute Gasteiger partial charge is 0.267 e. The summed E-state index contributed by atoms with van der Waals surface area (Å²) in [6, 6.07) is 16.3. The predicted molar refractivity (Wildman–Crippen MR) is 114 cm³/mol. The quantitative estimate of drug-likeness (QED) is 0.653. The molecule has 0 bridgehead atoms. The number of amides is 1. The minimum Gasteiger partial charge on any atom is -0.497 e. The Morgan fingerprint density at radius 3 is 2.70 bits per heavy atom. The standard InChI is InChI=1S/C23H23N3O4/c1-29-17-9-10-18(21(14-17)30-2)19-11-12-22(27)26(24-19)15-23(28)25-13-5-7-16-6-3-4-8-20(16)25/h3-4,6,8-12,14H,5,7,13,15H2,1-2H3. The zero-order chi connectivity index (χ0) is 21.1. The lowest BCUT2D eigenvalue weighted by atomic mass is 10.0. The van der Waals surface area contributed by atoms with Gasteiger partial charge in [0.25, 0.3) is 5.56 Å². The van der Waals surface area contributed by atoms with E-state index in [1.165, 1.54) is 10.7 Å². The molecule has 2 heterocycles. The molecule has 1 aromatic heterocycles. The summed E-state index contributed by atoms with van der Waals surface area (Å²) in [4.78, 5) is 27.2. The normalized spacial score (nSPS) is 12.9.